The fourth-order valence-electron chi connectivity index (χ4n) is 1.87. The quantitative estimate of drug-likeness (QED) is 0.847. The van der Waals surface area contributed by atoms with Gasteiger partial charge in [0.05, 0.1) is 29.9 Å². The van der Waals surface area contributed by atoms with Crippen LogP contribution >= 0.6 is 0 Å². The average Bonchev–Trinajstić information content (AvgIpc) is 2.60. The lowest BCUT2D eigenvalue weighted by Gasteiger charge is -2.12. The summed E-state index contributed by atoms with van der Waals surface area (Å²) in [5.74, 6) is 0.221. The van der Waals surface area contributed by atoms with E-state index < -0.39 is 12.7 Å². The Morgan fingerprint density at radius 3 is 3.06 bits per heavy atom. The zero-order chi connectivity index (χ0) is 15.1. The summed E-state index contributed by atoms with van der Waals surface area (Å²) in [5.41, 5.74) is 5.66. The predicted octanol–water partition coefficient (Wildman–Crippen LogP) is 0.525. The molecule has 0 saturated carbocycles. The lowest BCUT2D eigenvalue weighted by atomic mass is 10.3. The van der Waals surface area contributed by atoms with Crippen molar-refractivity contribution < 1.29 is 8.85 Å². The third-order valence-corrected chi connectivity index (χ3v) is 2.63. The van der Waals surface area contributed by atoms with Gasteiger partial charge in [0.25, 0.3) is 0 Å². The second-order valence-electron chi connectivity index (χ2n) is 3.89. The number of fused-ring (bicyclic) bond motifs is 1. The van der Waals surface area contributed by atoms with Crippen LogP contribution in [0, 0.1) is 0 Å². The summed E-state index contributed by atoms with van der Waals surface area (Å²) < 4.78 is 29.6. The average molecular weight is 239 g/mol. The van der Waals surface area contributed by atoms with E-state index in [0.29, 0.717) is 5.52 Å². The fourth-order valence-corrected chi connectivity index (χ4v) is 1.87. The molecule has 0 radical (unpaired) electrons. The highest BCUT2D eigenvalue weighted by molar-refractivity contribution is 5.77. The third kappa shape index (κ3) is 1.80. The fraction of sp³-hybridized carbons (Fsp3) is 0.455. The maximum Gasteiger partial charge on any atom is 0.329 e. The third-order valence-electron chi connectivity index (χ3n) is 2.63. The number of pyridine rings is 1. The number of nitrogens with two attached hydrogens (primary N) is 1. The molecule has 0 aliphatic rings. The van der Waals surface area contributed by atoms with Crippen LogP contribution in [0.1, 0.15) is 17.1 Å². The summed E-state index contributed by atoms with van der Waals surface area (Å²) in [5, 5.41) is 0. The molecule has 2 aromatic rings. The zero-order valence-corrected chi connectivity index (χ0v) is 9.67. The summed E-state index contributed by atoms with van der Waals surface area (Å²) in [6, 6.07) is 1.17. The highest BCUT2D eigenvalue weighted by atomic mass is 16.5. The number of ether oxygens (including phenoxy) is 1. The van der Waals surface area contributed by atoms with E-state index in [4.69, 9.17) is 14.6 Å². The molecule has 1 atom stereocenters. The number of nitrogens with zero attached hydrogens (tertiary/aromatic N) is 3. The van der Waals surface area contributed by atoms with Crippen LogP contribution in [0.2, 0.25) is 0 Å². The molecule has 6 nitrogen and oxygen atoms in total. The summed E-state index contributed by atoms with van der Waals surface area (Å²) >= 11 is 0. The number of methoxy groups -OCH3 is 1. The number of imidazole rings is 1. The standard InChI is InChI=1S/C11H16N4O2/c1-7(6-17-3)15-8-4-10(12)13-5-9(8)14(2)11(15)16/h4-5,7H,6H2,1-3H3,(H2,12,13)/i2D3. The highest BCUT2D eigenvalue weighted by Crippen LogP contribution is 2.17. The van der Waals surface area contributed by atoms with Gasteiger partial charge in [-0.15, -0.1) is 0 Å². The van der Waals surface area contributed by atoms with Gasteiger partial charge in [-0.1, -0.05) is 0 Å². The van der Waals surface area contributed by atoms with Gasteiger partial charge in [-0.3, -0.25) is 9.13 Å². The Morgan fingerprint density at radius 2 is 2.41 bits per heavy atom. The molecule has 0 spiro atoms. The van der Waals surface area contributed by atoms with Crippen LogP contribution in [0.5, 0.6) is 0 Å². The van der Waals surface area contributed by atoms with Gasteiger partial charge in [0.15, 0.2) is 0 Å². The lowest BCUT2D eigenvalue weighted by molar-refractivity contribution is 0.162. The number of rotatable bonds is 3. The van der Waals surface area contributed by atoms with Crippen molar-refractivity contribution >= 4 is 16.9 Å². The van der Waals surface area contributed by atoms with Gasteiger partial charge in [0, 0.05) is 24.3 Å². The van der Waals surface area contributed by atoms with Gasteiger partial charge >= 0.3 is 5.69 Å². The largest absolute Gasteiger partial charge is 0.384 e. The van der Waals surface area contributed by atoms with Crippen LogP contribution in [-0.2, 0) is 11.7 Å². The van der Waals surface area contributed by atoms with Crippen LogP contribution < -0.4 is 11.4 Å². The summed E-state index contributed by atoms with van der Waals surface area (Å²) in [6.07, 6.45) is 1.30. The molecule has 2 N–H and O–H groups in total. The number of anilines is 1. The second-order valence-corrected chi connectivity index (χ2v) is 3.89. The van der Waals surface area contributed by atoms with E-state index in [2.05, 4.69) is 4.98 Å². The van der Waals surface area contributed by atoms with Crippen LogP contribution in [-0.4, -0.2) is 27.8 Å². The Hall–Kier alpha value is -1.82. The second kappa shape index (κ2) is 4.21. The summed E-state index contributed by atoms with van der Waals surface area (Å²) in [4.78, 5) is 16.3. The van der Waals surface area contributed by atoms with Crippen LogP contribution in [0.3, 0.4) is 0 Å². The molecule has 0 aliphatic heterocycles. The Morgan fingerprint density at radius 1 is 1.65 bits per heavy atom. The number of aryl methyl sites for hydroxylation is 1. The zero-order valence-electron chi connectivity index (χ0n) is 12.7. The van der Waals surface area contributed by atoms with E-state index in [9.17, 15) is 4.79 Å². The Labute approximate surface area is 103 Å². The maximum absolute atomic E-state index is 12.4. The van der Waals surface area contributed by atoms with Gasteiger partial charge in [-0.2, -0.15) is 0 Å². The molecule has 0 bridgehead atoms. The SMILES string of the molecule is [2H]C([2H])([2H])n1c(=O)n(C(C)COC)c2cc(N)ncc21. The van der Waals surface area contributed by atoms with E-state index in [1.54, 1.807) is 6.92 Å². The molecule has 0 aromatic carbocycles. The maximum atomic E-state index is 12.4. The molecule has 6 heteroatoms. The number of hydrogen-bond donors (Lipinski definition) is 1. The molecule has 0 amide bonds. The molecule has 2 heterocycles. The number of nitrogen functional groups attached to an aromatic ring is 1. The Balaban J connectivity index is 2.83. The first-order valence-corrected chi connectivity index (χ1v) is 5.15. The van der Waals surface area contributed by atoms with Crippen molar-refractivity contribution in [1.29, 1.82) is 0 Å². The van der Waals surface area contributed by atoms with Crippen molar-refractivity contribution in [3.8, 4) is 0 Å². The van der Waals surface area contributed by atoms with E-state index in [1.165, 1.54) is 23.9 Å². The Kier molecular flexibility index (Phi) is 2.06. The van der Waals surface area contributed by atoms with Gasteiger partial charge in [-0.25, -0.2) is 9.78 Å². The minimum atomic E-state index is -2.58. The first kappa shape index (κ1) is 8.30. The molecule has 17 heavy (non-hydrogen) atoms. The van der Waals surface area contributed by atoms with Gasteiger partial charge in [-0.05, 0) is 6.92 Å². The van der Waals surface area contributed by atoms with Crippen LogP contribution in [0.25, 0.3) is 11.0 Å². The topological polar surface area (TPSA) is 75.1 Å². The normalized spacial score (nSPS) is 16.5. The molecule has 92 valence electrons. The van der Waals surface area contributed by atoms with Crippen molar-refractivity contribution in [3.63, 3.8) is 0 Å². The van der Waals surface area contributed by atoms with Crippen molar-refractivity contribution in [3.05, 3.63) is 22.7 Å². The van der Waals surface area contributed by atoms with Crippen molar-refractivity contribution in [2.24, 2.45) is 6.98 Å². The van der Waals surface area contributed by atoms with Crippen LogP contribution in [0.15, 0.2) is 17.1 Å². The minimum Gasteiger partial charge on any atom is -0.384 e. The van der Waals surface area contributed by atoms with Crippen molar-refractivity contribution in [1.82, 2.24) is 14.1 Å². The monoisotopic (exact) mass is 239 g/mol. The highest BCUT2D eigenvalue weighted by Gasteiger charge is 2.16. The Bertz CT molecular complexity index is 689. The van der Waals surface area contributed by atoms with Gasteiger partial charge < -0.3 is 10.5 Å². The van der Waals surface area contributed by atoms with Crippen LogP contribution in [0.4, 0.5) is 5.82 Å². The van der Waals surface area contributed by atoms with E-state index in [-0.39, 0.29) is 24.0 Å². The predicted molar refractivity (Wildman–Crippen MR) is 66.0 cm³/mol. The molecule has 0 aliphatic carbocycles. The van der Waals surface area contributed by atoms with Crippen molar-refractivity contribution in [2.45, 2.75) is 13.0 Å². The number of aromatic nitrogens is 3. The molecule has 2 rings (SSSR count). The van der Waals surface area contributed by atoms with Gasteiger partial charge in [0.1, 0.15) is 5.82 Å². The van der Waals surface area contributed by atoms with Crippen molar-refractivity contribution in [2.75, 3.05) is 19.5 Å². The minimum absolute atomic E-state index is 0.221. The smallest absolute Gasteiger partial charge is 0.329 e. The molecule has 1 unspecified atom stereocenters. The first-order valence-electron chi connectivity index (χ1n) is 6.65. The molecule has 0 saturated heterocycles. The molecular formula is C11H16N4O2. The first-order chi connectivity index (χ1) is 9.27. The summed E-state index contributed by atoms with van der Waals surface area (Å²) in [6.45, 7) is -0.530. The lowest BCUT2D eigenvalue weighted by Crippen LogP contribution is -2.26. The summed E-state index contributed by atoms with van der Waals surface area (Å²) in [7, 11) is 1.51. The molecule has 0 fully saturated rings. The number of hydrogen-bond acceptors (Lipinski definition) is 4. The van der Waals surface area contributed by atoms with E-state index in [1.807, 2.05) is 0 Å². The van der Waals surface area contributed by atoms with E-state index >= 15 is 0 Å². The molecular weight excluding hydrogens is 220 g/mol. The molecule has 2 aromatic heterocycles. The van der Waals surface area contributed by atoms with Gasteiger partial charge in [0.2, 0.25) is 0 Å². The van der Waals surface area contributed by atoms with E-state index in [0.717, 1.165) is 4.57 Å².